The van der Waals surface area contributed by atoms with E-state index < -0.39 is 0 Å². The highest BCUT2D eigenvalue weighted by atomic mass is 16.5. The minimum atomic E-state index is -0.0743. The predicted octanol–water partition coefficient (Wildman–Crippen LogP) is 2.97. The second kappa shape index (κ2) is 7.27. The first-order valence-corrected chi connectivity index (χ1v) is 7.49. The van der Waals surface area contributed by atoms with Gasteiger partial charge in [0, 0.05) is 23.8 Å². The number of anilines is 1. The Balaban J connectivity index is 1.93. The van der Waals surface area contributed by atoms with Crippen molar-refractivity contribution >= 4 is 11.6 Å². The van der Waals surface area contributed by atoms with Crippen LogP contribution in [0.25, 0.3) is 0 Å². The predicted molar refractivity (Wildman–Crippen MR) is 85.6 cm³/mol. The van der Waals surface area contributed by atoms with E-state index in [0.717, 1.165) is 18.5 Å². The van der Waals surface area contributed by atoms with Crippen LogP contribution in [0, 0.1) is 0 Å². The van der Waals surface area contributed by atoms with Crippen LogP contribution < -0.4 is 10.6 Å². The highest BCUT2D eigenvalue weighted by Crippen LogP contribution is 2.22. The first kappa shape index (κ1) is 15.6. The van der Waals surface area contributed by atoms with Crippen LogP contribution in [0.3, 0.4) is 0 Å². The summed E-state index contributed by atoms with van der Waals surface area (Å²) in [5, 5.41) is 6.29. The number of carbonyl (C=O) groups is 1. The SMILES string of the molecule is C=CCNC(=O)c1ccc(NC2CC(C)OC(C)C2)cc1. The van der Waals surface area contributed by atoms with E-state index in [1.807, 2.05) is 24.3 Å². The molecule has 0 aliphatic carbocycles. The van der Waals surface area contributed by atoms with Crippen molar-refractivity contribution in [1.29, 1.82) is 0 Å². The van der Waals surface area contributed by atoms with E-state index in [4.69, 9.17) is 4.74 Å². The van der Waals surface area contributed by atoms with Gasteiger partial charge in [-0.3, -0.25) is 4.79 Å². The molecule has 1 fully saturated rings. The summed E-state index contributed by atoms with van der Waals surface area (Å²) in [4.78, 5) is 11.8. The molecule has 2 unspecified atom stereocenters. The number of ether oxygens (including phenoxy) is 1. The van der Waals surface area contributed by atoms with Gasteiger partial charge < -0.3 is 15.4 Å². The fraction of sp³-hybridized carbons (Fsp3) is 0.471. The summed E-state index contributed by atoms with van der Waals surface area (Å²) < 4.78 is 5.74. The number of rotatable bonds is 5. The number of hydrogen-bond acceptors (Lipinski definition) is 3. The third-order valence-corrected chi connectivity index (χ3v) is 3.62. The lowest BCUT2D eigenvalue weighted by molar-refractivity contribution is -0.0337. The van der Waals surface area contributed by atoms with Crippen molar-refractivity contribution < 1.29 is 9.53 Å². The average molecular weight is 288 g/mol. The fourth-order valence-corrected chi connectivity index (χ4v) is 2.74. The van der Waals surface area contributed by atoms with Crippen LogP contribution in [0.4, 0.5) is 5.69 Å². The topological polar surface area (TPSA) is 50.4 Å². The zero-order valence-electron chi connectivity index (χ0n) is 12.8. The molecule has 0 spiro atoms. The Morgan fingerprint density at radius 2 is 1.90 bits per heavy atom. The Bertz CT molecular complexity index is 474. The van der Waals surface area contributed by atoms with Gasteiger partial charge in [-0.15, -0.1) is 6.58 Å². The molecule has 1 aromatic rings. The largest absolute Gasteiger partial charge is 0.382 e. The Kier molecular flexibility index (Phi) is 5.39. The second-order valence-corrected chi connectivity index (χ2v) is 5.65. The van der Waals surface area contributed by atoms with Crippen LogP contribution in [-0.2, 0) is 4.74 Å². The molecule has 1 saturated heterocycles. The highest BCUT2D eigenvalue weighted by Gasteiger charge is 2.24. The van der Waals surface area contributed by atoms with Gasteiger partial charge in [-0.2, -0.15) is 0 Å². The molecule has 0 radical (unpaired) electrons. The maximum absolute atomic E-state index is 11.8. The molecule has 2 N–H and O–H groups in total. The summed E-state index contributed by atoms with van der Waals surface area (Å²) in [7, 11) is 0. The van der Waals surface area contributed by atoms with Gasteiger partial charge in [0.2, 0.25) is 0 Å². The number of carbonyl (C=O) groups excluding carboxylic acids is 1. The molecule has 2 rings (SSSR count). The Hall–Kier alpha value is -1.81. The van der Waals surface area contributed by atoms with E-state index in [1.54, 1.807) is 6.08 Å². The van der Waals surface area contributed by atoms with Crippen LogP contribution in [0.5, 0.6) is 0 Å². The zero-order valence-corrected chi connectivity index (χ0v) is 12.8. The molecule has 4 nitrogen and oxygen atoms in total. The molecule has 1 amide bonds. The van der Waals surface area contributed by atoms with Gasteiger partial charge >= 0.3 is 0 Å². The molecule has 2 atom stereocenters. The minimum absolute atomic E-state index is 0.0743. The zero-order chi connectivity index (χ0) is 15.2. The number of nitrogens with one attached hydrogen (secondary N) is 2. The molecule has 4 heteroatoms. The third kappa shape index (κ3) is 4.60. The molecule has 1 aliphatic rings. The first-order chi connectivity index (χ1) is 10.1. The van der Waals surface area contributed by atoms with Crippen LogP contribution in [0.1, 0.15) is 37.0 Å². The van der Waals surface area contributed by atoms with Crippen molar-refractivity contribution in [3.8, 4) is 0 Å². The third-order valence-electron chi connectivity index (χ3n) is 3.62. The molecule has 1 aliphatic heterocycles. The molecular weight excluding hydrogens is 264 g/mol. The Labute approximate surface area is 126 Å². The molecule has 0 bridgehead atoms. The first-order valence-electron chi connectivity index (χ1n) is 7.49. The van der Waals surface area contributed by atoms with E-state index in [0.29, 0.717) is 18.2 Å². The summed E-state index contributed by atoms with van der Waals surface area (Å²) in [6, 6.07) is 8.00. The number of benzene rings is 1. The lowest BCUT2D eigenvalue weighted by Gasteiger charge is -2.33. The maximum atomic E-state index is 11.8. The lowest BCUT2D eigenvalue weighted by atomic mass is 9.99. The van der Waals surface area contributed by atoms with Crippen LogP contribution in [0.2, 0.25) is 0 Å². The van der Waals surface area contributed by atoms with Gasteiger partial charge in [0.15, 0.2) is 0 Å². The van der Waals surface area contributed by atoms with Gasteiger partial charge in [0.25, 0.3) is 5.91 Å². The van der Waals surface area contributed by atoms with Crippen molar-refractivity contribution in [2.75, 3.05) is 11.9 Å². The minimum Gasteiger partial charge on any atom is -0.382 e. The van der Waals surface area contributed by atoms with Crippen molar-refractivity contribution in [1.82, 2.24) is 5.32 Å². The van der Waals surface area contributed by atoms with E-state index >= 15 is 0 Å². The average Bonchev–Trinajstić information content (AvgIpc) is 2.44. The van der Waals surface area contributed by atoms with Gasteiger partial charge in [0.1, 0.15) is 0 Å². The number of hydrogen-bond donors (Lipinski definition) is 2. The van der Waals surface area contributed by atoms with Crippen LogP contribution >= 0.6 is 0 Å². The van der Waals surface area contributed by atoms with Gasteiger partial charge in [-0.05, 0) is 51.0 Å². The van der Waals surface area contributed by atoms with E-state index in [-0.39, 0.29) is 18.1 Å². The smallest absolute Gasteiger partial charge is 0.251 e. The van der Waals surface area contributed by atoms with Gasteiger partial charge in [-0.25, -0.2) is 0 Å². The molecule has 0 aromatic heterocycles. The fourth-order valence-electron chi connectivity index (χ4n) is 2.74. The second-order valence-electron chi connectivity index (χ2n) is 5.65. The van der Waals surface area contributed by atoms with Crippen molar-refractivity contribution in [3.63, 3.8) is 0 Å². The van der Waals surface area contributed by atoms with Gasteiger partial charge in [0.05, 0.1) is 12.2 Å². The van der Waals surface area contributed by atoms with E-state index in [1.165, 1.54) is 0 Å². The Morgan fingerprint density at radius 3 is 2.48 bits per heavy atom. The van der Waals surface area contributed by atoms with Crippen LogP contribution in [0.15, 0.2) is 36.9 Å². The molecule has 21 heavy (non-hydrogen) atoms. The normalized spacial score (nSPS) is 25.1. The van der Waals surface area contributed by atoms with E-state index in [9.17, 15) is 4.79 Å². The van der Waals surface area contributed by atoms with Crippen molar-refractivity contribution in [3.05, 3.63) is 42.5 Å². The molecule has 114 valence electrons. The monoisotopic (exact) mass is 288 g/mol. The maximum Gasteiger partial charge on any atom is 0.251 e. The molecule has 0 saturated carbocycles. The van der Waals surface area contributed by atoms with Crippen molar-refractivity contribution in [2.45, 2.75) is 44.9 Å². The molecular formula is C17H24N2O2. The summed E-state index contributed by atoms with van der Waals surface area (Å²) in [5.74, 6) is -0.0743. The highest BCUT2D eigenvalue weighted by molar-refractivity contribution is 5.94. The van der Waals surface area contributed by atoms with Crippen molar-refractivity contribution in [2.24, 2.45) is 0 Å². The summed E-state index contributed by atoms with van der Waals surface area (Å²) >= 11 is 0. The Morgan fingerprint density at radius 1 is 1.29 bits per heavy atom. The van der Waals surface area contributed by atoms with Crippen LogP contribution in [-0.4, -0.2) is 30.7 Å². The number of amides is 1. The van der Waals surface area contributed by atoms with Gasteiger partial charge in [-0.1, -0.05) is 6.08 Å². The summed E-state index contributed by atoms with van der Waals surface area (Å²) in [5.41, 5.74) is 1.71. The molecule has 1 heterocycles. The summed E-state index contributed by atoms with van der Waals surface area (Å²) in [6.45, 7) is 8.28. The summed E-state index contributed by atoms with van der Waals surface area (Å²) in [6.07, 6.45) is 4.25. The quantitative estimate of drug-likeness (QED) is 0.819. The molecule has 1 aromatic carbocycles. The lowest BCUT2D eigenvalue weighted by Crippen LogP contribution is -2.36. The standard InChI is InChI=1S/C17H24N2O2/c1-4-9-18-17(20)14-5-7-15(8-6-14)19-16-10-12(2)21-13(3)11-16/h4-8,12-13,16,19H,1,9-11H2,2-3H3,(H,18,20). The van der Waals surface area contributed by atoms with E-state index in [2.05, 4.69) is 31.1 Å².